The Morgan fingerprint density at radius 1 is 1.39 bits per heavy atom. The molecule has 1 heterocycles. The second kappa shape index (κ2) is 5.46. The Bertz CT molecular complexity index is 659. The van der Waals surface area contributed by atoms with Gasteiger partial charge in [-0.15, -0.1) is 0 Å². The number of aromatic amines is 1. The first-order valence-corrected chi connectivity index (χ1v) is 6.44. The maximum Gasteiger partial charge on any atom is 0.262 e. The zero-order valence-corrected chi connectivity index (χ0v) is 11.5. The van der Waals surface area contributed by atoms with E-state index in [-0.39, 0.29) is 5.56 Å². The fourth-order valence-electron chi connectivity index (χ4n) is 1.83. The third-order valence-electron chi connectivity index (χ3n) is 3.13. The van der Waals surface area contributed by atoms with Crippen LogP contribution in [-0.2, 0) is 6.54 Å². The summed E-state index contributed by atoms with van der Waals surface area (Å²) < 4.78 is 2.12. The van der Waals surface area contributed by atoms with Crippen molar-refractivity contribution in [1.29, 1.82) is 0 Å². The molecule has 5 heteroatoms. The summed E-state index contributed by atoms with van der Waals surface area (Å²) in [6.45, 7) is 4.47. The van der Waals surface area contributed by atoms with Crippen LogP contribution in [-0.4, -0.2) is 34.6 Å². The van der Waals surface area contributed by atoms with Crippen molar-refractivity contribution in [3.63, 3.8) is 0 Å². The van der Waals surface area contributed by atoms with Gasteiger partial charge in [0.25, 0.3) is 5.56 Å². The minimum absolute atomic E-state index is 0.0150. The van der Waals surface area contributed by atoms with Gasteiger partial charge in [0, 0.05) is 13.1 Å². The van der Waals surface area contributed by atoms with Crippen LogP contribution in [0.3, 0.4) is 0 Å². The van der Waals surface area contributed by atoms with Crippen LogP contribution in [0, 0.1) is 4.77 Å². The number of hydrogen-bond acceptors (Lipinski definition) is 3. The molecule has 0 amide bonds. The summed E-state index contributed by atoms with van der Waals surface area (Å²) in [7, 11) is 2.03. The molecule has 0 aliphatic rings. The van der Waals surface area contributed by atoms with Gasteiger partial charge in [0.15, 0.2) is 4.77 Å². The maximum atomic E-state index is 12.3. The monoisotopic (exact) mass is 263 g/mol. The van der Waals surface area contributed by atoms with Crippen LogP contribution >= 0.6 is 12.2 Å². The Morgan fingerprint density at radius 3 is 2.83 bits per heavy atom. The molecule has 0 saturated heterocycles. The standard InChI is InChI=1S/C13H17N3OS/c1-3-15(2)8-9-16-12(17)10-6-4-5-7-11(10)14-13(16)18/h4-7H,3,8-9H2,1-2H3,(H,14,18). The lowest BCUT2D eigenvalue weighted by Gasteiger charge is -2.15. The molecule has 1 aromatic carbocycles. The van der Waals surface area contributed by atoms with Crippen molar-refractivity contribution >= 4 is 23.1 Å². The normalized spacial score (nSPS) is 11.3. The average molecular weight is 263 g/mol. The van der Waals surface area contributed by atoms with Crippen molar-refractivity contribution in [2.45, 2.75) is 13.5 Å². The number of fused-ring (bicyclic) bond motifs is 1. The van der Waals surface area contributed by atoms with Crippen molar-refractivity contribution in [2.75, 3.05) is 20.1 Å². The summed E-state index contributed by atoms with van der Waals surface area (Å²) in [5.41, 5.74) is 0.784. The number of nitrogens with zero attached hydrogens (tertiary/aromatic N) is 2. The summed E-state index contributed by atoms with van der Waals surface area (Å²) in [5, 5.41) is 0.685. The number of hydrogen-bond donors (Lipinski definition) is 1. The van der Waals surface area contributed by atoms with Gasteiger partial charge >= 0.3 is 0 Å². The van der Waals surface area contributed by atoms with Gasteiger partial charge in [-0.05, 0) is 37.9 Å². The van der Waals surface area contributed by atoms with Crippen LogP contribution in [0.1, 0.15) is 6.92 Å². The molecule has 0 saturated carbocycles. The molecule has 0 aliphatic carbocycles. The Hall–Kier alpha value is -1.46. The van der Waals surface area contributed by atoms with E-state index in [1.54, 1.807) is 4.57 Å². The number of likely N-dealkylation sites (N-methyl/N-ethyl adjacent to an activating group) is 1. The molecular weight excluding hydrogens is 246 g/mol. The van der Waals surface area contributed by atoms with Gasteiger partial charge in [0.05, 0.1) is 10.9 Å². The quantitative estimate of drug-likeness (QED) is 0.858. The summed E-state index contributed by atoms with van der Waals surface area (Å²) >= 11 is 5.24. The van der Waals surface area contributed by atoms with E-state index in [9.17, 15) is 4.79 Å². The highest BCUT2D eigenvalue weighted by Gasteiger charge is 2.05. The first-order valence-electron chi connectivity index (χ1n) is 6.04. The Kier molecular flexibility index (Phi) is 3.93. The molecule has 2 aromatic rings. The van der Waals surface area contributed by atoms with Crippen LogP contribution in [0.15, 0.2) is 29.1 Å². The molecule has 0 unspecified atom stereocenters. The van der Waals surface area contributed by atoms with Crippen molar-refractivity contribution < 1.29 is 0 Å². The molecule has 96 valence electrons. The number of aromatic nitrogens is 2. The van der Waals surface area contributed by atoms with Crippen molar-refractivity contribution in [1.82, 2.24) is 14.5 Å². The van der Waals surface area contributed by atoms with Crippen LogP contribution in [0.2, 0.25) is 0 Å². The summed E-state index contributed by atoms with van der Waals surface area (Å²) in [5.74, 6) is 0. The molecule has 0 spiro atoms. The molecule has 0 fully saturated rings. The van der Waals surface area contributed by atoms with Crippen LogP contribution in [0.5, 0.6) is 0 Å². The predicted molar refractivity (Wildman–Crippen MR) is 76.6 cm³/mol. The predicted octanol–water partition coefficient (Wildman–Crippen LogP) is 2.01. The molecular formula is C13H17N3OS. The highest BCUT2D eigenvalue weighted by atomic mass is 32.1. The van der Waals surface area contributed by atoms with E-state index in [0.29, 0.717) is 16.7 Å². The van der Waals surface area contributed by atoms with Gasteiger partial charge in [-0.3, -0.25) is 9.36 Å². The van der Waals surface area contributed by atoms with E-state index < -0.39 is 0 Å². The lowest BCUT2D eigenvalue weighted by molar-refractivity contribution is 0.332. The molecule has 0 atom stereocenters. The number of rotatable bonds is 4. The fraction of sp³-hybridized carbons (Fsp3) is 0.385. The van der Waals surface area contributed by atoms with Crippen molar-refractivity contribution in [2.24, 2.45) is 0 Å². The number of H-pyrrole nitrogens is 1. The topological polar surface area (TPSA) is 41.0 Å². The van der Waals surface area contributed by atoms with Crippen LogP contribution in [0.4, 0.5) is 0 Å². The van der Waals surface area contributed by atoms with E-state index in [2.05, 4.69) is 16.8 Å². The Morgan fingerprint density at radius 2 is 2.11 bits per heavy atom. The molecule has 0 aliphatic heterocycles. The van der Waals surface area contributed by atoms with Crippen molar-refractivity contribution in [3.8, 4) is 0 Å². The smallest absolute Gasteiger partial charge is 0.262 e. The summed E-state index contributed by atoms with van der Waals surface area (Å²) in [4.78, 5) is 17.6. The molecule has 4 nitrogen and oxygen atoms in total. The zero-order chi connectivity index (χ0) is 13.1. The van der Waals surface area contributed by atoms with Gasteiger partial charge in [-0.2, -0.15) is 0 Å². The van der Waals surface area contributed by atoms with Crippen LogP contribution in [0.25, 0.3) is 10.9 Å². The van der Waals surface area contributed by atoms with Gasteiger partial charge in [0.2, 0.25) is 0 Å². The first-order chi connectivity index (χ1) is 8.63. The third-order valence-corrected chi connectivity index (χ3v) is 3.46. The lowest BCUT2D eigenvalue weighted by atomic mass is 10.2. The Balaban J connectivity index is 2.45. The summed E-state index contributed by atoms with van der Waals surface area (Å²) in [6, 6.07) is 7.45. The molecule has 0 bridgehead atoms. The van der Waals surface area contributed by atoms with E-state index in [0.717, 1.165) is 18.6 Å². The van der Waals surface area contributed by atoms with E-state index in [1.165, 1.54) is 0 Å². The van der Waals surface area contributed by atoms with Gasteiger partial charge in [-0.25, -0.2) is 0 Å². The van der Waals surface area contributed by atoms with Crippen LogP contribution < -0.4 is 5.56 Å². The molecule has 2 rings (SSSR count). The van der Waals surface area contributed by atoms with E-state index >= 15 is 0 Å². The van der Waals surface area contributed by atoms with E-state index in [1.807, 2.05) is 31.3 Å². The maximum absolute atomic E-state index is 12.3. The highest BCUT2D eigenvalue weighted by Crippen LogP contribution is 2.05. The lowest BCUT2D eigenvalue weighted by Crippen LogP contribution is -2.29. The average Bonchev–Trinajstić information content (AvgIpc) is 2.38. The molecule has 0 radical (unpaired) electrons. The van der Waals surface area contributed by atoms with Gasteiger partial charge in [0.1, 0.15) is 0 Å². The zero-order valence-electron chi connectivity index (χ0n) is 10.6. The SMILES string of the molecule is CCN(C)CCn1c(=S)[nH]c2ccccc2c1=O. The first kappa shape index (κ1) is 13.0. The molecule has 18 heavy (non-hydrogen) atoms. The second-order valence-electron chi connectivity index (χ2n) is 4.33. The second-order valence-corrected chi connectivity index (χ2v) is 4.72. The largest absolute Gasteiger partial charge is 0.332 e. The minimum atomic E-state index is -0.0150. The number of para-hydroxylation sites is 1. The molecule has 1 aromatic heterocycles. The van der Waals surface area contributed by atoms with Gasteiger partial charge < -0.3 is 9.88 Å². The third kappa shape index (κ3) is 2.52. The summed E-state index contributed by atoms with van der Waals surface area (Å²) in [6.07, 6.45) is 0. The molecule has 1 N–H and O–H groups in total. The highest BCUT2D eigenvalue weighted by molar-refractivity contribution is 7.71. The number of benzene rings is 1. The minimum Gasteiger partial charge on any atom is -0.332 e. The fourth-order valence-corrected chi connectivity index (χ4v) is 2.11. The van der Waals surface area contributed by atoms with Crippen molar-refractivity contribution in [3.05, 3.63) is 39.4 Å². The Labute approximate surface area is 111 Å². The van der Waals surface area contributed by atoms with E-state index in [4.69, 9.17) is 12.2 Å². The number of nitrogens with one attached hydrogen (secondary N) is 1. The van der Waals surface area contributed by atoms with Gasteiger partial charge in [-0.1, -0.05) is 19.1 Å².